The molecule has 0 unspecified atom stereocenters. The number of rotatable bonds is 4. The Morgan fingerprint density at radius 1 is 1.50 bits per heavy atom. The predicted molar refractivity (Wildman–Crippen MR) is 67.5 cm³/mol. The van der Waals surface area contributed by atoms with Crippen LogP contribution in [0, 0.1) is 5.92 Å². The molecule has 3 heteroatoms. The molecule has 2 rings (SSSR count). The summed E-state index contributed by atoms with van der Waals surface area (Å²) in [6, 6.07) is 5.74. The predicted octanol–water partition coefficient (Wildman–Crippen LogP) is 3.45. The van der Waals surface area contributed by atoms with Gasteiger partial charge in [0.05, 0.1) is 7.11 Å². The van der Waals surface area contributed by atoms with Crippen molar-refractivity contribution in [3.63, 3.8) is 0 Å². The van der Waals surface area contributed by atoms with Crippen LogP contribution in [0.15, 0.2) is 28.7 Å². The third-order valence-electron chi connectivity index (χ3n) is 2.60. The van der Waals surface area contributed by atoms with Gasteiger partial charge in [0.2, 0.25) is 0 Å². The van der Waals surface area contributed by atoms with Gasteiger partial charge < -0.3 is 4.74 Å². The third-order valence-corrected chi connectivity index (χ3v) is 3.09. The molecule has 1 saturated carbocycles. The first-order valence-corrected chi connectivity index (χ1v) is 6.05. The number of benzene rings is 1. The van der Waals surface area contributed by atoms with Gasteiger partial charge in [-0.25, -0.2) is 0 Å². The van der Waals surface area contributed by atoms with Crippen molar-refractivity contribution in [1.29, 1.82) is 0 Å². The number of halogens is 1. The largest absolute Gasteiger partial charge is 0.496 e. The highest BCUT2D eigenvalue weighted by atomic mass is 79.9. The minimum atomic E-state index is 0.224. The number of allylic oxidation sites excluding steroid dienone is 1. The number of carbonyl (C=O) groups excluding carboxylic acids is 1. The molecule has 1 aromatic carbocycles. The summed E-state index contributed by atoms with van der Waals surface area (Å²) in [4.78, 5) is 11.5. The number of hydrogen-bond acceptors (Lipinski definition) is 2. The molecule has 2 nitrogen and oxygen atoms in total. The first-order chi connectivity index (χ1) is 7.70. The van der Waals surface area contributed by atoms with Crippen LogP contribution >= 0.6 is 15.9 Å². The summed E-state index contributed by atoms with van der Waals surface area (Å²) >= 11 is 3.40. The summed E-state index contributed by atoms with van der Waals surface area (Å²) < 4.78 is 6.20. The van der Waals surface area contributed by atoms with Crippen molar-refractivity contribution in [3.05, 3.63) is 34.3 Å². The van der Waals surface area contributed by atoms with E-state index in [-0.39, 0.29) is 11.7 Å². The van der Waals surface area contributed by atoms with Crippen LogP contribution in [0.1, 0.15) is 18.4 Å². The zero-order valence-electron chi connectivity index (χ0n) is 9.07. The third kappa shape index (κ3) is 2.73. The first-order valence-electron chi connectivity index (χ1n) is 5.26. The molecule has 16 heavy (non-hydrogen) atoms. The van der Waals surface area contributed by atoms with Gasteiger partial charge in [0.15, 0.2) is 5.78 Å². The normalized spacial score (nSPS) is 15.4. The Morgan fingerprint density at radius 2 is 2.25 bits per heavy atom. The van der Waals surface area contributed by atoms with E-state index in [1.54, 1.807) is 13.2 Å². The molecule has 0 spiro atoms. The van der Waals surface area contributed by atoms with Crippen LogP contribution in [0.5, 0.6) is 5.75 Å². The lowest BCUT2D eigenvalue weighted by molar-refractivity contribution is -0.115. The number of hydrogen-bond donors (Lipinski definition) is 0. The van der Waals surface area contributed by atoms with E-state index in [2.05, 4.69) is 15.9 Å². The van der Waals surface area contributed by atoms with E-state index in [1.807, 2.05) is 24.3 Å². The number of ketones is 1. The molecule has 0 bridgehead atoms. The SMILES string of the molecule is COc1ccc(Br)cc1/C=C/C(=O)C1CC1. The molecule has 1 aliphatic rings. The average molecular weight is 281 g/mol. The Hall–Kier alpha value is -1.09. The quantitative estimate of drug-likeness (QED) is 0.790. The van der Waals surface area contributed by atoms with E-state index in [0.29, 0.717) is 0 Å². The van der Waals surface area contributed by atoms with Gasteiger partial charge in [-0.3, -0.25) is 4.79 Å². The molecule has 1 aliphatic carbocycles. The Labute approximate surface area is 103 Å². The van der Waals surface area contributed by atoms with E-state index in [0.717, 1.165) is 28.6 Å². The monoisotopic (exact) mass is 280 g/mol. The summed E-state index contributed by atoms with van der Waals surface area (Å²) in [5.41, 5.74) is 0.922. The second-order valence-corrected chi connectivity index (χ2v) is 4.81. The summed E-state index contributed by atoms with van der Waals surface area (Å²) in [6.45, 7) is 0. The topological polar surface area (TPSA) is 26.3 Å². The summed E-state index contributed by atoms with van der Waals surface area (Å²) in [5, 5.41) is 0. The molecule has 0 aliphatic heterocycles. The van der Waals surface area contributed by atoms with E-state index in [1.165, 1.54) is 0 Å². The number of carbonyl (C=O) groups is 1. The van der Waals surface area contributed by atoms with Crippen molar-refractivity contribution >= 4 is 27.8 Å². The molecule has 1 fully saturated rings. The maximum absolute atomic E-state index is 11.5. The van der Waals surface area contributed by atoms with Gasteiger partial charge in [0, 0.05) is 16.0 Å². The van der Waals surface area contributed by atoms with Crippen molar-refractivity contribution < 1.29 is 9.53 Å². The molecule has 0 amide bonds. The summed E-state index contributed by atoms with van der Waals surface area (Å²) in [5.74, 6) is 1.28. The average Bonchev–Trinajstić information content (AvgIpc) is 3.10. The molecule has 0 saturated heterocycles. The van der Waals surface area contributed by atoms with Crippen molar-refractivity contribution in [2.75, 3.05) is 7.11 Å². The van der Waals surface area contributed by atoms with Gasteiger partial charge in [-0.2, -0.15) is 0 Å². The molecule has 84 valence electrons. The second kappa shape index (κ2) is 4.83. The summed E-state index contributed by atoms with van der Waals surface area (Å²) in [7, 11) is 1.63. The Bertz CT molecular complexity index is 434. The van der Waals surface area contributed by atoms with Gasteiger partial charge in [-0.1, -0.05) is 15.9 Å². The minimum Gasteiger partial charge on any atom is -0.496 e. The summed E-state index contributed by atoms with van der Waals surface area (Å²) in [6.07, 6.45) is 5.56. The standard InChI is InChI=1S/C13H13BrO2/c1-16-13-7-5-11(14)8-10(13)4-6-12(15)9-2-3-9/h4-9H,2-3H2,1H3/b6-4+. The lowest BCUT2D eigenvalue weighted by atomic mass is 10.1. The van der Waals surface area contributed by atoms with Crippen LogP contribution in [0.2, 0.25) is 0 Å². The fraction of sp³-hybridized carbons (Fsp3) is 0.308. The van der Waals surface area contributed by atoms with Crippen molar-refractivity contribution in [1.82, 2.24) is 0 Å². The minimum absolute atomic E-state index is 0.224. The van der Waals surface area contributed by atoms with E-state index >= 15 is 0 Å². The van der Waals surface area contributed by atoms with Gasteiger partial charge >= 0.3 is 0 Å². The highest BCUT2D eigenvalue weighted by Gasteiger charge is 2.27. The molecule has 0 heterocycles. The van der Waals surface area contributed by atoms with Crippen LogP contribution in [-0.2, 0) is 4.79 Å². The van der Waals surface area contributed by atoms with Crippen LogP contribution < -0.4 is 4.74 Å². The highest BCUT2D eigenvalue weighted by molar-refractivity contribution is 9.10. The Morgan fingerprint density at radius 3 is 2.88 bits per heavy atom. The van der Waals surface area contributed by atoms with E-state index in [9.17, 15) is 4.79 Å². The van der Waals surface area contributed by atoms with Gasteiger partial charge in [-0.15, -0.1) is 0 Å². The Kier molecular flexibility index (Phi) is 3.44. The smallest absolute Gasteiger partial charge is 0.158 e. The molecule has 0 atom stereocenters. The molecule has 0 N–H and O–H groups in total. The molecular weight excluding hydrogens is 268 g/mol. The second-order valence-electron chi connectivity index (χ2n) is 3.90. The fourth-order valence-electron chi connectivity index (χ4n) is 1.51. The maximum atomic E-state index is 11.5. The van der Waals surface area contributed by atoms with Crippen molar-refractivity contribution in [2.45, 2.75) is 12.8 Å². The molecule has 1 aromatic rings. The van der Waals surface area contributed by atoms with Gasteiger partial charge in [0.25, 0.3) is 0 Å². The fourth-order valence-corrected chi connectivity index (χ4v) is 1.89. The van der Waals surface area contributed by atoms with Crippen LogP contribution in [0.4, 0.5) is 0 Å². The van der Waals surface area contributed by atoms with Crippen molar-refractivity contribution in [2.24, 2.45) is 5.92 Å². The van der Waals surface area contributed by atoms with E-state index < -0.39 is 0 Å². The molecule has 0 aromatic heterocycles. The van der Waals surface area contributed by atoms with Crippen LogP contribution in [-0.4, -0.2) is 12.9 Å². The van der Waals surface area contributed by atoms with Crippen LogP contribution in [0.25, 0.3) is 6.08 Å². The lowest BCUT2D eigenvalue weighted by Gasteiger charge is -2.04. The van der Waals surface area contributed by atoms with Gasteiger partial charge in [0.1, 0.15) is 5.75 Å². The molecule has 0 radical (unpaired) electrons. The zero-order chi connectivity index (χ0) is 11.5. The maximum Gasteiger partial charge on any atom is 0.158 e. The molecular formula is C13H13BrO2. The number of methoxy groups -OCH3 is 1. The van der Waals surface area contributed by atoms with E-state index in [4.69, 9.17) is 4.74 Å². The first kappa shape index (κ1) is 11.4. The van der Waals surface area contributed by atoms with Gasteiger partial charge in [-0.05, 0) is 43.2 Å². The zero-order valence-corrected chi connectivity index (χ0v) is 10.7. The van der Waals surface area contributed by atoms with Crippen LogP contribution in [0.3, 0.4) is 0 Å². The van der Waals surface area contributed by atoms with Crippen molar-refractivity contribution in [3.8, 4) is 5.75 Å². The highest BCUT2D eigenvalue weighted by Crippen LogP contribution is 2.31. The Balaban J connectivity index is 2.18. The number of ether oxygens (including phenoxy) is 1. The lowest BCUT2D eigenvalue weighted by Crippen LogP contribution is -1.94.